The van der Waals surface area contributed by atoms with Crippen molar-refractivity contribution in [1.82, 2.24) is 0 Å². The fourth-order valence-electron chi connectivity index (χ4n) is 3.04. The van der Waals surface area contributed by atoms with Crippen LogP contribution in [-0.4, -0.2) is 32.1 Å². The Kier molecular flexibility index (Phi) is 5.98. The second-order valence-corrected chi connectivity index (χ2v) is 6.73. The van der Waals surface area contributed by atoms with Gasteiger partial charge in [-0.3, -0.25) is 0 Å². The van der Waals surface area contributed by atoms with Crippen molar-refractivity contribution < 1.29 is 28.5 Å². The van der Waals surface area contributed by atoms with Crippen LogP contribution in [0.5, 0.6) is 17.2 Å². The minimum absolute atomic E-state index is 0.159. The summed E-state index contributed by atoms with van der Waals surface area (Å²) < 4.78 is 21.3. The van der Waals surface area contributed by atoms with Crippen LogP contribution in [0.2, 0.25) is 0 Å². The molecule has 0 spiro atoms. The number of ether oxygens (including phenoxy) is 4. The first-order valence-corrected chi connectivity index (χ1v) is 9.69. The molecular weight excluding hydrogens is 410 g/mol. The second-order valence-electron chi connectivity index (χ2n) is 6.73. The van der Waals surface area contributed by atoms with Crippen LogP contribution in [0.25, 0.3) is 6.08 Å². The van der Waals surface area contributed by atoms with E-state index in [0.717, 1.165) is 0 Å². The lowest BCUT2D eigenvalue weighted by molar-refractivity contribution is -0.129. The third-order valence-corrected chi connectivity index (χ3v) is 4.64. The van der Waals surface area contributed by atoms with Crippen LogP contribution in [-0.2, 0) is 9.53 Å². The smallest absolute Gasteiger partial charge is 0.363 e. The van der Waals surface area contributed by atoms with Gasteiger partial charge in [0.15, 0.2) is 17.2 Å². The van der Waals surface area contributed by atoms with Gasteiger partial charge in [0, 0.05) is 5.56 Å². The van der Waals surface area contributed by atoms with Crippen LogP contribution in [0.4, 0.5) is 0 Å². The number of cyclic esters (lactones) is 1. The molecule has 0 saturated carbocycles. The highest BCUT2D eigenvalue weighted by molar-refractivity contribution is 6.12. The molecule has 0 saturated heterocycles. The number of rotatable bonds is 6. The van der Waals surface area contributed by atoms with Crippen molar-refractivity contribution in [3.05, 3.63) is 95.2 Å². The third kappa shape index (κ3) is 4.52. The molecule has 0 radical (unpaired) electrons. The van der Waals surface area contributed by atoms with E-state index in [-0.39, 0.29) is 17.3 Å². The molecule has 160 valence electrons. The summed E-state index contributed by atoms with van der Waals surface area (Å²) in [5, 5.41) is 0. The lowest BCUT2D eigenvalue weighted by Gasteiger charge is -2.10. The molecule has 1 aliphatic rings. The third-order valence-electron chi connectivity index (χ3n) is 4.64. The van der Waals surface area contributed by atoms with Crippen molar-refractivity contribution in [1.29, 1.82) is 0 Å². The zero-order valence-electron chi connectivity index (χ0n) is 17.4. The van der Waals surface area contributed by atoms with Gasteiger partial charge in [-0.25, -0.2) is 14.6 Å². The quantitative estimate of drug-likeness (QED) is 0.331. The Bertz CT molecular complexity index is 1230. The summed E-state index contributed by atoms with van der Waals surface area (Å²) in [4.78, 5) is 29.0. The molecule has 1 heterocycles. The van der Waals surface area contributed by atoms with E-state index in [4.69, 9.17) is 18.9 Å². The highest BCUT2D eigenvalue weighted by Crippen LogP contribution is 2.30. The van der Waals surface area contributed by atoms with Crippen molar-refractivity contribution in [2.45, 2.75) is 0 Å². The number of nitrogens with zero attached hydrogens (tertiary/aromatic N) is 1. The predicted octanol–water partition coefficient (Wildman–Crippen LogP) is 4.27. The molecule has 0 aromatic heterocycles. The van der Waals surface area contributed by atoms with Gasteiger partial charge in [0.2, 0.25) is 5.90 Å². The molecule has 7 nitrogen and oxygen atoms in total. The summed E-state index contributed by atoms with van der Waals surface area (Å²) in [6, 6.07) is 20.7. The Morgan fingerprint density at radius 1 is 0.906 bits per heavy atom. The number of methoxy groups -OCH3 is 2. The highest BCUT2D eigenvalue weighted by atomic mass is 16.6. The Balaban J connectivity index is 1.56. The van der Waals surface area contributed by atoms with Crippen LogP contribution >= 0.6 is 0 Å². The molecule has 0 fully saturated rings. The monoisotopic (exact) mass is 429 g/mol. The predicted molar refractivity (Wildman–Crippen MR) is 118 cm³/mol. The first kappa shape index (κ1) is 20.9. The summed E-state index contributed by atoms with van der Waals surface area (Å²) in [7, 11) is 2.98. The SMILES string of the molecule is COc1cccc(C(=O)Oc2ccc(/C=C3/N=C(c4ccccc4)OC3=O)cc2OC)c1. The fourth-order valence-corrected chi connectivity index (χ4v) is 3.04. The summed E-state index contributed by atoms with van der Waals surface area (Å²) in [6.45, 7) is 0. The number of carbonyl (C=O) groups is 2. The van der Waals surface area contributed by atoms with Crippen LogP contribution in [0, 0.1) is 0 Å². The Hall–Kier alpha value is -4.39. The average Bonchev–Trinajstić information content (AvgIpc) is 3.20. The molecule has 4 rings (SSSR count). The molecule has 3 aromatic carbocycles. The van der Waals surface area contributed by atoms with Crippen molar-refractivity contribution in [3.8, 4) is 17.2 Å². The van der Waals surface area contributed by atoms with Crippen molar-refractivity contribution in [2.24, 2.45) is 4.99 Å². The van der Waals surface area contributed by atoms with Gasteiger partial charge in [-0.15, -0.1) is 0 Å². The first-order valence-electron chi connectivity index (χ1n) is 9.69. The first-order chi connectivity index (χ1) is 15.6. The van der Waals surface area contributed by atoms with Gasteiger partial charge in [0.05, 0.1) is 19.8 Å². The highest BCUT2D eigenvalue weighted by Gasteiger charge is 2.24. The number of carbonyl (C=O) groups excluding carboxylic acids is 2. The second kappa shape index (κ2) is 9.18. The number of hydrogen-bond acceptors (Lipinski definition) is 7. The van der Waals surface area contributed by atoms with E-state index in [1.807, 2.05) is 30.3 Å². The van der Waals surface area contributed by atoms with Crippen LogP contribution in [0.1, 0.15) is 21.5 Å². The molecule has 0 aliphatic carbocycles. The van der Waals surface area contributed by atoms with E-state index < -0.39 is 11.9 Å². The van der Waals surface area contributed by atoms with Crippen molar-refractivity contribution in [2.75, 3.05) is 14.2 Å². The summed E-state index contributed by atoms with van der Waals surface area (Å²) in [5.41, 5.74) is 1.84. The lowest BCUT2D eigenvalue weighted by Crippen LogP contribution is -2.09. The molecule has 7 heteroatoms. The molecule has 3 aromatic rings. The van der Waals surface area contributed by atoms with Gasteiger partial charge in [-0.05, 0) is 54.1 Å². The maximum Gasteiger partial charge on any atom is 0.363 e. The normalized spacial score (nSPS) is 14.0. The fraction of sp³-hybridized carbons (Fsp3) is 0.0800. The summed E-state index contributed by atoms with van der Waals surface area (Å²) >= 11 is 0. The largest absolute Gasteiger partial charge is 0.497 e. The van der Waals surface area contributed by atoms with Gasteiger partial charge in [-0.2, -0.15) is 0 Å². The van der Waals surface area contributed by atoms with E-state index in [0.29, 0.717) is 28.2 Å². The molecular formula is C25H19NO6. The van der Waals surface area contributed by atoms with Gasteiger partial charge in [0.1, 0.15) is 5.75 Å². The maximum atomic E-state index is 12.5. The number of esters is 2. The zero-order valence-corrected chi connectivity index (χ0v) is 17.4. The zero-order chi connectivity index (χ0) is 22.5. The average molecular weight is 429 g/mol. The van der Waals surface area contributed by atoms with E-state index >= 15 is 0 Å². The van der Waals surface area contributed by atoms with Crippen molar-refractivity contribution in [3.63, 3.8) is 0 Å². The lowest BCUT2D eigenvalue weighted by atomic mass is 10.1. The van der Waals surface area contributed by atoms with E-state index in [1.54, 1.807) is 48.5 Å². The molecule has 32 heavy (non-hydrogen) atoms. The topological polar surface area (TPSA) is 83.4 Å². The van der Waals surface area contributed by atoms with Gasteiger partial charge >= 0.3 is 11.9 Å². The molecule has 0 N–H and O–H groups in total. The molecule has 1 aliphatic heterocycles. The number of hydrogen-bond donors (Lipinski definition) is 0. The Labute approximate surface area is 184 Å². The number of aliphatic imine (C=N–C) groups is 1. The molecule has 0 bridgehead atoms. The standard InChI is InChI=1S/C25H19NO6/c1-29-19-10-6-9-18(15-19)24(27)31-21-12-11-16(14-22(21)30-2)13-20-25(28)32-23(26-20)17-7-4-3-5-8-17/h3-15H,1-2H3/b20-13+. The minimum Gasteiger partial charge on any atom is -0.497 e. The van der Waals surface area contributed by atoms with Gasteiger partial charge in [-0.1, -0.05) is 30.3 Å². The van der Waals surface area contributed by atoms with Crippen molar-refractivity contribution >= 4 is 23.9 Å². The minimum atomic E-state index is -0.551. The summed E-state index contributed by atoms with van der Waals surface area (Å²) in [5.74, 6) is 0.269. The van der Waals surface area contributed by atoms with E-state index in [9.17, 15) is 9.59 Å². The van der Waals surface area contributed by atoms with Gasteiger partial charge < -0.3 is 18.9 Å². The van der Waals surface area contributed by atoms with E-state index in [2.05, 4.69) is 4.99 Å². The molecule has 0 amide bonds. The van der Waals surface area contributed by atoms with Gasteiger partial charge in [0.25, 0.3) is 0 Å². The maximum absolute atomic E-state index is 12.5. The molecule has 0 unspecified atom stereocenters. The van der Waals surface area contributed by atoms with E-state index in [1.165, 1.54) is 14.2 Å². The van der Waals surface area contributed by atoms with Crippen LogP contribution in [0.15, 0.2) is 83.5 Å². The molecule has 0 atom stereocenters. The van der Waals surface area contributed by atoms with Crippen LogP contribution in [0.3, 0.4) is 0 Å². The Morgan fingerprint density at radius 2 is 1.72 bits per heavy atom. The van der Waals surface area contributed by atoms with Crippen LogP contribution < -0.4 is 14.2 Å². The Morgan fingerprint density at radius 3 is 2.47 bits per heavy atom. The number of benzene rings is 3. The summed E-state index contributed by atoms with van der Waals surface area (Å²) in [6.07, 6.45) is 1.58.